The van der Waals surface area contributed by atoms with Gasteiger partial charge in [-0.25, -0.2) is 13.4 Å². The molecule has 1 heterocycles. The Labute approximate surface area is 177 Å². The minimum atomic E-state index is -3.58. The van der Waals surface area contributed by atoms with E-state index < -0.39 is 21.5 Å². The summed E-state index contributed by atoms with van der Waals surface area (Å²) in [5.74, 6) is 0.685. The fourth-order valence-electron chi connectivity index (χ4n) is 2.97. The molecule has 1 amide bonds. The van der Waals surface area contributed by atoms with Gasteiger partial charge in [0.05, 0.1) is 5.75 Å². The summed E-state index contributed by atoms with van der Waals surface area (Å²) in [4.78, 5) is 16.7. The maximum Gasteiger partial charge on any atom is 0.239 e. The van der Waals surface area contributed by atoms with Crippen molar-refractivity contribution in [3.8, 4) is 11.4 Å². The third-order valence-electron chi connectivity index (χ3n) is 4.52. The van der Waals surface area contributed by atoms with Crippen molar-refractivity contribution in [1.82, 2.24) is 15.2 Å². The Balaban J connectivity index is 1.36. The average molecular weight is 475 g/mol. The number of sulfone groups is 1. The van der Waals surface area contributed by atoms with Crippen LogP contribution in [0.15, 0.2) is 53.0 Å². The van der Waals surface area contributed by atoms with Gasteiger partial charge in [0.2, 0.25) is 5.91 Å². The Morgan fingerprint density at radius 1 is 1.17 bits per heavy atom. The number of amides is 1. The van der Waals surface area contributed by atoms with Crippen molar-refractivity contribution in [3.05, 3.63) is 64.4 Å². The molecule has 1 saturated carbocycles. The maximum absolute atomic E-state index is 12.3. The summed E-state index contributed by atoms with van der Waals surface area (Å²) in [6.45, 7) is 0. The smallest absolute Gasteiger partial charge is 0.239 e. The van der Waals surface area contributed by atoms with Crippen molar-refractivity contribution in [1.29, 1.82) is 0 Å². The number of hydrogen-bond donors (Lipinski definition) is 2. The van der Waals surface area contributed by atoms with Gasteiger partial charge in [0.25, 0.3) is 0 Å². The number of hydrogen-bond acceptors (Lipinski definition) is 5. The van der Waals surface area contributed by atoms with Gasteiger partial charge in [-0.05, 0) is 54.8 Å². The Hall–Kier alpha value is -2.52. The summed E-state index contributed by atoms with van der Waals surface area (Å²) < 4.78 is 25.4. The zero-order chi connectivity index (χ0) is 20.4. The third kappa shape index (κ3) is 5.30. The molecule has 1 fully saturated rings. The molecule has 0 bridgehead atoms. The van der Waals surface area contributed by atoms with Gasteiger partial charge < -0.3 is 5.32 Å². The fraction of sp³-hybridized carbons (Fsp3) is 0.250. The number of rotatable bonds is 7. The lowest BCUT2D eigenvalue weighted by Gasteiger charge is -2.07. The lowest BCUT2D eigenvalue weighted by Crippen LogP contribution is -2.23. The quantitative estimate of drug-likeness (QED) is 0.543. The number of aromatic amines is 1. The molecule has 0 saturated heterocycles. The molecule has 0 radical (unpaired) electrons. The summed E-state index contributed by atoms with van der Waals surface area (Å²) in [6, 6.07) is 14.0. The molecule has 3 aromatic rings. The van der Waals surface area contributed by atoms with Crippen LogP contribution in [0.2, 0.25) is 0 Å². The van der Waals surface area contributed by atoms with Crippen molar-refractivity contribution in [3.63, 3.8) is 0 Å². The number of H-pyrrole nitrogens is 1. The number of halogens is 1. The molecule has 1 aliphatic carbocycles. The van der Waals surface area contributed by atoms with Crippen LogP contribution in [-0.2, 0) is 20.4 Å². The highest BCUT2D eigenvalue weighted by Gasteiger charge is 2.27. The van der Waals surface area contributed by atoms with E-state index in [1.807, 2.05) is 6.07 Å². The van der Waals surface area contributed by atoms with Crippen molar-refractivity contribution < 1.29 is 13.2 Å². The Bertz CT molecular complexity index is 1140. The van der Waals surface area contributed by atoms with Gasteiger partial charge >= 0.3 is 0 Å². The van der Waals surface area contributed by atoms with Gasteiger partial charge in [0.15, 0.2) is 15.7 Å². The number of aromatic nitrogens is 3. The van der Waals surface area contributed by atoms with Crippen LogP contribution in [0.25, 0.3) is 11.4 Å². The van der Waals surface area contributed by atoms with Crippen LogP contribution in [0, 0.1) is 0 Å². The number of nitrogens with zero attached hydrogens (tertiary/aromatic N) is 2. The molecular formula is C20H19BrN4O3S. The van der Waals surface area contributed by atoms with E-state index in [0.29, 0.717) is 23.0 Å². The van der Waals surface area contributed by atoms with Gasteiger partial charge in [-0.15, -0.1) is 0 Å². The lowest BCUT2D eigenvalue weighted by molar-refractivity contribution is -0.113. The van der Waals surface area contributed by atoms with Crippen molar-refractivity contribution in [2.75, 3.05) is 11.1 Å². The monoisotopic (exact) mass is 474 g/mol. The highest BCUT2D eigenvalue weighted by molar-refractivity contribution is 9.10. The zero-order valence-corrected chi connectivity index (χ0v) is 17.8. The molecule has 2 N–H and O–H groups in total. The fourth-order valence-corrected chi connectivity index (χ4v) is 4.68. The molecule has 7 nitrogen and oxygen atoms in total. The summed E-state index contributed by atoms with van der Waals surface area (Å²) in [5, 5.41) is 9.82. The van der Waals surface area contributed by atoms with Crippen molar-refractivity contribution in [2.24, 2.45) is 0 Å². The van der Waals surface area contributed by atoms with Crippen molar-refractivity contribution >= 4 is 37.4 Å². The molecule has 0 unspecified atom stereocenters. The van der Waals surface area contributed by atoms with E-state index >= 15 is 0 Å². The molecule has 1 aliphatic rings. The largest absolute Gasteiger partial charge is 0.325 e. The first-order valence-corrected chi connectivity index (χ1v) is 11.8. The summed E-state index contributed by atoms with van der Waals surface area (Å²) in [7, 11) is -3.58. The summed E-state index contributed by atoms with van der Waals surface area (Å²) in [5.41, 5.74) is 1.98. The van der Waals surface area contributed by atoms with Crippen molar-refractivity contribution in [2.45, 2.75) is 24.5 Å². The molecule has 150 valence electrons. The topological polar surface area (TPSA) is 105 Å². The molecule has 0 atom stereocenters. The van der Waals surface area contributed by atoms with E-state index in [2.05, 4.69) is 36.4 Å². The van der Waals surface area contributed by atoms with Crippen LogP contribution < -0.4 is 5.32 Å². The van der Waals surface area contributed by atoms with Crippen LogP contribution in [0.5, 0.6) is 0 Å². The molecule has 9 heteroatoms. The third-order valence-corrected chi connectivity index (χ3v) is 6.49. The summed E-state index contributed by atoms with van der Waals surface area (Å²) >= 11 is 3.31. The number of benzene rings is 2. The van der Waals surface area contributed by atoms with E-state index in [4.69, 9.17) is 0 Å². The van der Waals surface area contributed by atoms with Crippen LogP contribution in [0.4, 0.5) is 5.69 Å². The standard InChI is InChI=1S/C20H19BrN4O3S/c21-16-3-1-2-13(10-16)11-29(27,28)12-18(26)22-17-8-6-15(7-9-17)20-23-19(24-25-20)14-4-5-14/h1-3,6-10,14H,4-5,11-12H2,(H,22,26)(H,23,24,25). The van der Waals surface area contributed by atoms with E-state index in [1.165, 1.54) is 0 Å². The predicted octanol–water partition coefficient (Wildman–Crippen LogP) is 3.67. The van der Waals surface area contributed by atoms with Gasteiger partial charge in [-0.2, -0.15) is 5.10 Å². The van der Waals surface area contributed by atoms with Gasteiger partial charge in [0.1, 0.15) is 11.6 Å². The molecule has 29 heavy (non-hydrogen) atoms. The molecule has 1 aromatic heterocycles. The van der Waals surface area contributed by atoms with Crippen LogP contribution >= 0.6 is 15.9 Å². The number of nitrogens with one attached hydrogen (secondary N) is 2. The minimum Gasteiger partial charge on any atom is -0.325 e. The first-order valence-electron chi connectivity index (χ1n) is 9.15. The number of anilines is 1. The molecular weight excluding hydrogens is 456 g/mol. The molecule has 4 rings (SSSR count). The van der Waals surface area contributed by atoms with Crippen LogP contribution in [0.1, 0.15) is 30.1 Å². The SMILES string of the molecule is O=C(CS(=O)(=O)Cc1cccc(Br)c1)Nc1ccc(-c2n[nH]c(C3CC3)n2)cc1. The molecule has 0 spiro atoms. The number of carbonyl (C=O) groups excluding carboxylic acids is 1. The molecule has 2 aromatic carbocycles. The van der Waals surface area contributed by atoms with Gasteiger partial charge in [-0.3, -0.25) is 9.89 Å². The van der Waals surface area contributed by atoms with E-state index in [0.717, 1.165) is 28.7 Å². The predicted molar refractivity (Wildman–Crippen MR) is 114 cm³/mol. The zero-order valence-electron chi connectivity index (χ0n) is 15.4. The number of carbonyl (C=O) groups is 1. The van der Waals surface area contributed by atoms with E-state index in [-0.39, 0.29) is 5.75 Å². The van der Waals surface area contributed by atoms with Crippen LogP contribution in [0.3, 0.4) is 0 Å². The second-order valence-electron chi connectivity index (χ2n) is 7.11. The Morgan fingerprint density at radius 3 is 2.62 bits per heavy atom. The van der Waals surface area contributed by atoms with Gasteiger partial charge in [0, 0.05) is 21.6 Å². The molecule has 0 aliphatic heterocycles. The summed E-state index contributed by atoms with van der Waals surface area (Å²) in [6.07, 6.45) is 2.29. The normalized spacial score (nSPS) is 14.0. The second-order valence-corrected chi connectivity index (χ2v) is 10.1. The first kappa shape index (κ1) is 19.8. The maximum atomic E-state index is 12.3. The highest BCUT2D eigenvalue weighted by Crippen LogP contribution is 2.38. The highest BCUT2D eigenvalue weighted by atomic mass is 79.9. The van der Waals surface area contributed by atoms with Crippen LogP contribution in [-0.4, -0.2) is 35.3 Å². The van der Waals surface area contributed by atoms with E-state index in [9.17, 15) is 13.2 Å². The lowest BCUT2D eigenvalue weighted by atomic mass is 10.2. The first-order chi connectivity index (χ1) is 13.9. The van der Waals surface area contributed by atoms with Gasteiger partial charge in [-0.1, -0.05) is 28.1 Å². The van der Waals surface area contributed by atoms with E-state index in [1.54, 1.807) is 42.5 Å². The Kier molecular flexibility index (Phi) is 5.51. The average Bonchev–Trinajstić information content (AvgIpc) is 3.38. The second kappa shape index (κ2) is 8.08. The minimum absolute atomic E-state index is 0.188. The Morgan fingerprint density at radius 2 is 1.93 bits per heavy atom.